The number of rotatable bonds is 7. The quantitative estimate of drug-likeness (QED) is 0.713. The first-order chi connectivity index (χ1) is 11.4. The normalized spacial score (nSPS) is 11.3. The molecule has 0 radical (unpaired) electrons. The maximum atomic E-state index is 12.3. The molecule has 0 aliphatic heterocycles. The fourth-order valence-electron chi connectivity index (χ4n) is 2.31. The molecule has 1 amide bonds. The minimum Gasteiger partial charge on any atom is -0.396 e. The van der Waals surface area contributed by atoms with Crippen molar-refractivity contribution in [3.63, 3.8) is 0 Å². The molecule has 2 aromatic rings. The number of nitrogens with one attached hydrogen (secondary N) is 2. The number of aliphatic hydroxyl groups is 1. The second-order valence-corrected chi connectivity index (χ2v) is 6.75. The summed E-state index contributed by atoms with van der Waals surface area (Å²) < 4.78 is 0. The van der Waals surface area contributed by atoms with Gasteiger partial charge in [-0.3, -0.25) is 4.79 Å². The average Bonchev–Trinajstić information content (AvgIpc) is 2.54. The van der Waals surface area contributed by atoms with E-state index in [9.17, 15) is 4.79 Å². The van der Waals surface area contributed by atoms with Crippen molar-refractivity contribution in [1.29, 1.82) is 0 Å². The standard InChI is InChI=1S/C19H23ClN2O2/c1-19(2,10-11-23)21-13-14-6-5-7-15(12-14)22-18(24)16-8-3-4-9-17(16)20/h3-9,12,21,23H,10-11,13H2,1-2H3,(H,22,24). The lowest BCUT2D eigenvalue weighted by Gasteiger charge is -2.25. The van der Waals surface area contributed by atoms with E-state index in [2.05, 4.69) is 10.6 Å². The molecule has 5 heteroatoms. The van der Waals surface area contributed by atoms with Crippen molar-refractivity contribution in [3.05, 3.63) is 64.7 Å². The van der Waals surface area contributed by atoms with Crippen molar-refractivity contribution in [3.8, 4) is 0 Å². The summed E-state index contributed by atoms with van der Waals surface area (Å²) in [4.78, 5) is 12.3. The van der Waals surface area contributed by atoms with E-state index in [1.54, 1.807) is 24.3 Å². The van der Waals surface area contributed by atoms with Crippen LogP contribution in [-0.2, 0) is 6.54 Å². The molecule has 3 N–H and O–H groups in total. The van der Waals surface area contributed by atoms with Crippen LogP contribution in [0.1, 0.15) is 36.2 Å². The van der Waals surface area contributed by atoms with Gasteiger partial charge in [-0.05, 0) is 50.1 Å². The van der Waals surface area contributed by atoms with Gasteiger partial charge in [-0.2, -0.15) is 0 Å². The van der Waals surface area contributed by atoms with Gasteiger partial charge >= 0.3 is 0 Å². The molecule has 2 aromatic carbocycles. The van der Waals surface area contributed by atoms with E-state index in [1.165, 1.54) is 0 Å². The lowest BCUT2D eigenvalue weighted by Crippen LogP contribution is -2.39. The van der Waals surface area contributed by atoms with Crippen molar-refractivity contribution < 1.29 is 9.90 Å². The number of amides is 1. The molecule has 0 aromatic heterocycles. The van der Waals surface area contributed by atoms with Gasteiger partial charge in [0, 0.05) is 24.4 Å². The van der Waals surface area contributed by atoms with Crippen molar-refractivity contribution in [1.82, 2.24) is 5.32 Å². The molecular formula is C19H23ClN2O2. The first kappa shape index (κ1) is 18.5. The molecular weight excluding hydrogens is 324 g/mol. The van der Waals surface area contributed by atoms with E-state index in [-0.39, 0.29) is 18.1 Å². The molecule has 0 fully saturated rings. The van der Waals surface area contributed by atoms with E-state index < -0.39 is 0 Å². The molecule has 0 bridgehead atoms. The zero-order chi connectivity index (χ0) is 17.6. The topological polar surface area (TPSA) is 61.4 Å². The molecule has 0 spiro atoms. The van der Waals surface area contributed by atoms with Crippen LogP contribution in [0.15, 0.2) is 48.5 Å². The third-order valence-corrected chi connectivity index (χ3v) is 4.14. The Morgan fingerprint density at radius 2 is 1.92 bits per heavy atom. The summed E-state index contributed by atoms with van der Waals surface area (Å²) in [6.07, 6.45) is 0.677. The highest BCUT2D eigenvalue weighted by Gasteiger charge is 2.16. The summed E-state index contributed by atoms with van der Waals surface area (Å²) in [5.41, 5.74) is 2.08. The summed E-state index contributed by atoms with van der Waals surface area (Å²) >= 11 is 6.05. The lowest BCUT2D eigenvalue weighted by molar-refractivity contribution is 0.102. The Morgan fingerprint density at radius 1 is 1.17 bits per heavy atom. The number of carbonyl (C=O) groups is 1. The zero-order valence-electron chi connectivity index (χ0n) is 14.0. The highest BCUT2D eigenvalue weighted by Crippen LogP contribution is 2.18. The SMILES string of the molecule is CC(C)(CCO)NCc1cccc(NC(=O)c2ccccc2Cl)c1. The van der Waals surface area contributed by atoms with Gasteiger partial charge < -0.3 is 15.7 Å². The largest absolute Gasteiger partial charge is 0.396 e. The summed E-state index contributed by atoms with van der Waals surface area (Å²) in [6.45, 7) is 4.90. The van der Waals surface area contributed by atoms with Gasteiger partial charge in [-0.15, -0.1) is 0 Å². The lowest BCUT2D eigenvalue weighted by atomic mass is 10.0. The molecule has 0 aliphatic rings. The third-order valence-electron chi connectivity index (χ3n) is 3.81. The van der Waals surface area contributed by atoms with Crippen LogP contribution in [0.3, 0.4) is 0 Å². The van der Waals surface area contributed by atoms with Gasteiger partial charge in [-0.1, -0.05) is 35.9 Å². The molecule has 0 saturated heterocycles. The minimum atomic E-state index is -0.230. The van der Waals surface area contributed by atoms with E-state index in [1.807, 2.05) is 38.1 Å². The average molecular weight is 347 g/mol. The Balaban J connectivity index is 2.03. The van der Waals surface area contributed by atoms with Crippen LogP contribution in [0.2, 0.25) is 5.02 Å². The molecule has 0 unspecified atom stereocenters. The van der Waals surface area contributed by atoms with Crippen LogP contribution in [-0.4, -0.2) is 23.2 Å². The second kappa shape index (κ2) is 8.29. The van der Waals surface area contributed by atoms with Crippen LogP contribution in [0.4, 0.5) is 5.69 Å². The Kier molecular flexibility index (Phi) is 6.37. The predicted molar refractivity (Wildman–Crippen MR) is 98.5 cm³/mol. The van der Waals surface area contributed by atoms with Crippen LogP contribution < -0.4 is 10.6 Å². The van der Waals surface area contributed by atoms with Crippen molar-refractivity contribution in [2.45, 2.75) is 32.4 Å². The molecule has 0 heterocycles. The van der Waals surface area contributed by atoms with Crippen LogP contribution in [0.5, 0.6) is 0 Å². The summed E-state index contributed by atoms with van der Waals surface area (Å²) in [6, 6.07) is 14.6. The predicted octanol–water partition coefficient (Wildman–Crippen LogP) is 3.84. The van der Waals surface area contributed by atoms with E-state index >= 15 is 0 Å². The highest BCUT2D eigenvalue weighted by atomic mass is 35.5. The summed E-state index contributed by atoms with van der Waals surface area (Å²) in [7, 11) is 0. The molecule has 128 valence electrons. The summed E-state index contributed by atoms with van der Waals surface area (Å²) in [5, 5.41) is 15.8. The Labute approximate surface area is 147 Å². The van der Waals surface area contributed by atoms with Gasteiger partial charge in [0.05, 0.1) is 10.6 Å². The number of halogens is 1. The Bertz CT molecular complexity index is 701. The smallest absolute Gasteiger partial charge is 0.257 e. The van der Waals surface area contributed by atoms with Crippen LogP contribution in [0, 0.1) is 0 Å². The first-order valence-electron chi connectivity index (χ1n) is 7.92. The van der Waals surface area contributed by atoms with E-state index in [0.29, 0.717) is 23.6 Å². The van der Waals surface area contributed by atoms with Gasteiger partial charge in [0.2, 0.25) is 0 Å². The first-order valence-corrected chi connectivity index (χ1v) is 8.30. The van der Waals surface area contributed by atoms with Gasteiger partial charge in [-0.25, -0.2) is 0 Å². The molecule has 0 atom stereocenters. The number of anilines is 1. The van der Waals surface area contributed by atoms with Gasteiger partial charge in [0.15, 0.2) is 0 Å². The summed E-state index contributed by atoms with van der Waals surface area (Å²) in [5.74, 6) is -0.230. The van der Waals surface area contributed by atoms with Crippen molar-refractivity contribution in [2.75, 3.05) is 11.9 Å². The fraction of sp³-hybridized carbons (Fsp3) is 0.316. The minimum absolute atomic E-state index is 0.147. The Hall–Kier alpha value is -1.88. The number of carbonyl (C=O) groups excluding carboxylic acids is 1. The van der Waals surface area contributed by atoms with E-state index in [4.69, 9.17) is 16.7 Å². The molecule has 4 nitrogen and oxygen atoms in total. The number of aliphatic hydroxyl groups excluding tert-OH is 1. The number of hydrogen-bond donors (Lipinski definition) is 3. The van der Waals surface area contributed by atoms with Gasteiger partial charge in [0.1, 0.15) is 0 Å². The van der Waals surface area contributed by atoms with Gasteiger partial charge in [0.25, 0.3) is 5.91 Å². The monoisotopic (exact) mass is 346 g/mol. The number of benzene rings is 2. The van der Waals surface area contributed by atoms with E-state index in [0.717, 1.165) is 11.3 Å². The van der Waals surface area contributed by atoms with Crippen LogP contribution >= 0.6 is 11.6 Å². The molecule has 24 heavy (non-hydrogen) atoms. The van der Waals surface area contributed by atoms with Crippen molar-refractivity contribution >= 4 is 23.2 Å². The molecule has 2 rings (SSSR count). The fourth-order valence-corrected chi connectivity index (χ4v) is 2.53. The third kappa shape index (κ3) is 5.34. The van der Waals surface area contributed by atoms with Crippen LogP contribution in [0.25, 0.3) is 0 Å². The molecule has 0 aliphatic carbocycles. The zero-order valence-corrected chi connectivity index (χ0v) is 14.7. The van der Waals surface area contributed by atoms with Crippen molar-refractivity contribution in [2.24, 2.45) is 0 Å². The number of hydrogen-bond acceptors (Lipinski definition) is 3. The maximum Gasteiger partial charge on any atom is 0.257 e. The maximum absolute atomic E-state index is 12.3. The highest BCUT2D eigenvalue weighted by molar-refractivity contribution is 6.34. The molecule has 0 saturated carbocycles. The Morgan fingerprint density at radius 3 is 2.62 bits per heavy atom. The second-order valence-electron chi connectivity index (χ2n) is 6.35.